The first kappa shape index (κ1) is 23.2. The van der Waals surface area contributed by atoms with Crippen LogP contribution in [0.3, 0.4) is 0 Å². The summed E-state index contributed by atoms with van der Waals surface area (Å²) in [5.74, 6) is 0.270. The van der Waals surface area contributed by atoms with E-state index in [0.717, 1.165) is 38.5 Å². The molecule has 0 bridgehead atoms. The third-order valence-electron chi connectivity index (χ3n) is 3.63. The minimum atomic E-state index is -0.516. The van der Waals surface area contributed by atoms with Gasteiger partial charge in [-0.3, -0.25) is 4.79 Å². The molecule has 2 N–H and O–H groups in total. The zero-order chi connectivity index (χ0) is 18.8. The highest BCUT2D eigenvalue weighted by molar-refractivity contribution is 5.69. The summed E-state index contributed by atoms with van der Waals surface area (Å²) in [6, 6.07) is 0. The molecule has 25 heavy (non-hydrogen) atoms. The molecule has 4 heteroatoms. The van der Waals surface area contributed by atoms with Gasteiger partial charge in [0.15, 0.2) is 0 Å². The molecule has 0 aliphatic rings. The van der Waals surface area contributed by atoms with Gasteiger partial charge >= 0.3 is 5.97 Å². The summed E-state index contributed by atoms with van der Waals surface area (Å²) in [5.41, 5.74) is 0. The summed E-state index contributed by atoms with van der Waals surface area (Å²) in [6.45, 7) is 2.14. The van der Waals surface area contributed by atoms with Gasteiger partial charge in [0.1, 0.15) is 0 Å². The fraction of sp³-hybridized carbons (Fsp3) is 0.571. The number of carbonyl (C=O) groups is 1. The fourth-order valence-electron chi connectivity index (χ4n) is 2.11. The molecule has 0 radical (unpaired) electrons. The lowest BCUT2D eigenvalue weighted by Crippen LogP contribution is -1.99. The van der Waals surface area contributed by atoms with E-state index in [1.54, 1.807) is 6.08 Å². The Hall–Kier alpha value is -1.81. The van der Waals surface area contributed by atoms with Gasteiger partial charge in [0.25, 0.3) is 0 Å². The number of allylic oxidation sites excluding steroid dienone is 6. The average molecular weight is 350 g/mol. The van der Waals surface area contributed by atoms with Crippen molar-refractivity contribution in [2.75, 3.05) is 7.11 Å². The zero-order valence-electron chi connectivity index (χ0n) is 15.7. The van der Waals surface area contributed by atoms with Gasteiger partial charge in [-0.25, -0.2) is 0 Å². The molecule has 0 fully saturated rings. The molecule has 0 aliphatic carbocycles. The van der Waals surface area contributed by atoms with Gasteiger partial charge in [-0.15, -0.1) is 0 Å². The zero-order valence-corrected chi connectivity index (χ0v) is 15.7. The largest absolute Gasteiger partial charge is 0.513 e. The van der Waals surface area contributed by atoms with Crippen LogP contribution < -0.4 is 0 Å². The Bertz CT molecular complexity index is 447. The normalized spacial score (nSPS) is 14.0. The summed E-state index contributed by atoms with van der Waals surface area (Å²) in [5, 5.41) is 19.5. The molecule has 0 spiro atoms. The van der Waals surface area contributed by atoms with E-state index in [0.29, 0.717) is 25.0 Å². The average Bonchev–Trinajstić information content (AvgIpc) is 2.60. The van der Waals surface area contributed by atoms with Gasteiger partial charge in [0.05, 0.1) is 19.0 Å². The van der Waals surface area contributed by atoms with Crippen LogP contribution in [0.2, 0.25) is 0 Å². The maximum absolute atomic E-state index is 10.9. The standard InChI is InChI=1S/C21H34O4/c1-3-4-9-14-19(22)16-11-8-12-17-20(23)15-10-6-5-7-13-18-21(24)25-2/h5-6,8,10,12,15-16,20,22-23H,3-4,7,9,11,13-14,17-18H2,1-2H3/b6-5-,12-8-,15-10+,19-16+/t20-/m1/s1. The van der Waals surface area contributed by atoms with Crippen molar-refractivity contribution in [1.82, 2.24) is 0 Å². The number of esters is 1. The molecule has 0 aliphatic heterocycles. The van der Waals surface area contributed by atoms with Crippen LogP contribution in [0, 0.1) is 0 Å². The lowest BCUT2D eigenvalue weighted by molar-refractivity contribution is -0.140. The predicted octanol–water partition coefficient (Wildman–Crippen LogP) is 5.16. The second-order valence-corrected chi connectivity index (χ2v) is 5.94. The second-order valence-electron chi connectivity index (χ2n) is 5.94. The highest BCUT2D eigenvalue weighted by Crippen LogP contribution is 2.07. The Morgan fingerprint density at radius 2 is 1.88 bits per heavy atom. The molecule has 142 valence electrons. The highest BCUT2D eigenvalue weighted by Gasteiger charge is 1.97. The number of hydrogen-bond donors (Lipinski definition) is 2. The minimum absolute atomic E-state index is 0.185. The van der Waals surface area contributed by atoms with E-state index < -0.39 is 6.10 Å². The van der Waals surface area contributed by atoms with E-state index in [9.17, 15) is 15.0 Å². The number of aliphatic hydroxyl groups is 2. The number of unbranched alkanes of at least 4 members (excludes halogenated alkanes) is 3. The van der Waals surface area contributed by atoms with Gasteiger partial charge in [-0.05, 0) is 38.2 Å². The number of hydrogen-bond acceptors (Lipinski definition) is 4. The number of ether oxygens (including phenoxy) is 1. The van der Waals surface area contributed by atoms with E-state index in [-0.39, 0.29) is 5.97 Å². The topological polar surface area (TPSA) is 66.8 Å². The number of rotatable bonds is 14. The van der Waals surface area contributed by atoms with Gasteiger partial charge in [-0.2, -0.15) is 0 Å². The van der Waals surface area contributed by atoms with Crippen LogP contribution >= 0.6 is 0 Å². The smallest absolute Gasteiger partial charge is 0.305 e. The molecular formula is C21H34O4. The highest BCUT2D eigenvalue weighted by atomic mass is 16.5. The van der Waals surface area contributed by atoms with Crippen LogP contribution in [0.25, 0.3) is 0 Å². The summed E-state index contributed by atoms with van der Waals surface area (Å²) in [4.78, 5) is 10.9. The Kier molecular flexibility index (Phi) is 15.8. The van der Waals surface area contributed by atoms with Crippen molar-refractivity contribution >= 4 is 5.97 Å². The van der Waals surface area contributed by atoms with Crippen LogP contribution in [0.15, 0.2) is 48.3 Å². The van der Waals surface area contributed by atoms with E-state index >= 15 is 0 Å². The molecule has 0 aromatic heterocycles. The first-order chi connectivity index (χ1) is 12.1. The van der Waals surface area contributed by atoms with Crippen molar-refractivity contribution in [2.24, 2.45) is 0 Å². The summed E-state index contributed by atoms with van der Waals surface area (Å²) in [7, 11) is 1.39. The van der Waals surface area contributed by atoms with Crippen LogP contribution in [-0.4, -0.2) is 29.4 Å². The summed E-state index contributed by atoms with van der Waals surface area (Å²) < 4.78 is 4.57. The first-order valence-electron chi connectivity index (χ1n) is 9.21. The molecule has 4 nitrogen and oxygen atoms in total. The Morgan fingerprint density at radius 3 is 2.60 bits per heavy atom. The van der Waals surface area contributed by atoms with E-state index in [1.807, 2.05) is 36.5 Å². The van der Waals surface area contributed by atoms with E-state index in [2.05, 4.69) is 11.7 Å². The first-order valence-corrected chi connectivity index (χ1v) is 9.21. The molecule has 0 aromatic carbocycles. The number of carbonyl (C=O) groups excluding carboxylic acids is 1. The third-order valence-corrected chi connectivity index (χ3v) is 3.63. The van der Waals surface area contributed by atoms with Crippen molar-refractivity contribution in [1.29, 1.82) is 0 Å². The summed E-state index contributed by atoms with van der Waals surface area (Å²) >= 11 is 0. The Balaban J connectivity index is 3.78. The van der Waals surface area contributed by atoms with Crippen LogP contribution in [-0.2, 0) is 9.53 Å². The van der Waals surface area contributed by atoms with Crippen molar-refractivity contribution < 1.29 is 19.7 Å². The lowest BCUT2D eigenvalue weighted by atomic mass is 10.1. The van der Waals surface area contributed by atoms with Gasteiger partial charge in [0.2, 0.25) is 0 Å². The van der Waals surface area contributed by atoms with Crippen LogP contribution in [0.4, 0.5) is 0 Å². The van der Waals surface area contributed by atoms with Gasteiger partial charge in [-0.1, -0.05) is 56.2 Å². The molecule has 0 saturated heterocycles. The predicted molar refractivity (Wildman–Crippen MR) is 103 cm³/mol. The second kappa shape index (κ2) is 17.0. The SMILES string of the molecule is CCCCC/C(O)=C\C/C=C\C[C@H](O)/C=C/C=C\CCCC(=O)OC. The fourth-order valence-corrected chi connectivity index (χ4v) is 2.11. The lowest BCUT2D eigenvalue weighted by Gasteiger charge is -2.00. The molecule has 0 unspecified atom stereocenters. The van der Waals surface area contributed by atoms with Crippen molar-refractivity contribution in [2.45, 2.75) is 70.8 Å². The maximum Gasteiger partial charge on any atom is 0.305 e. The quantitative estimate of drug-likeness (QED) is 0.149. The maximum atomic E-state index is 10.9. The molecule has 0 aromatic rings. The van der Waals surface area contributed by atoms with E-state index in [1.165, 1.54) is 7.11 Å². The number of aliphatic hydroxyl groups excluding tert-OH is 2. The van der Waals surface area contributed by atoms with Crippen molar-refractivity contribution in [3.63, 3.8) is 0 Å². The number of methoxy groups -OCH3 is 1. The van der Waals surface area contributed by atoms with E-state index in [4.69, 9.17) is 0 Å². The molecular weight excluding hydrogens is 316 g/mol. The molecule has 0 saturated carbocycles. The third kappa shape index (κ3) is 16.8. The van der Waals surface area contributed by atoms with Crippen molar-refractivity contribution in [3.05, 3.63) is 48.3 Å². The van der Waals surface area contributed by atoms with Gasteiger partial charge < -0.3 is 14.9 Å². The molecule has 1 atom stereocenters. The molecule has 0 heterocycles. The Morgan fingerprint density at radius 1 is 1.08 bits per heavy atom. The van der Waals surface area contributed by atoms with Crippen molar-refractivity contribution in [3.8, 4) is 0 Å². The van der Waals surface area contributed by atoms with Gasteiger partial charge in [0, 0.05) is 12.8 Å². The molecule has 0 amide bonds. The van der Waals surface area contributed by atoms with Crippen LogP contribution in [0.1, 0.15) is 64.7 Å². The summed E-state index contributed by atoms with van der Waals surface area (Å²) in [6.07, 6.45) is 19.9. The monoisotopic (exact) mass is 350 g/mol. The Labute approximate surface area is 152 Å². The minimum Gasteiger partial charge on any atom is -0.513 e. The molecule has 0 rings (SSSR count). The van der Waals surface area contributed by atoms with Crippen LogP contribution in [0.5, 0.6) is 0 Å².